The molecule has 0 bridgehead atoms. The molecule has 5 nitrogen and oxygen atoms in total. The molecule has 0 saturated carbocycles. The third-order valence-corrected chi connectivity index (χ3v) is 4.07. The molecule has 0 aromatic heterocycles. The Labute approximate surface area is 160 Å². The van der Waals surface area contributed by atoms with Crippen LogP contribution in [0.1, 0.15) is 36.5 Å². The highest BCUT2D eigenvalue weighted by Crippen LogP contribution is 2.11. The maximum absolute atomic E-state index is 13.6. The molecule has 0 radical (unpaired) electrons. The van der Waals surface area contributed by atoms with Crippen LogP contribution in [0.2, 0.25) is 0 Å². The number of amides is 1. The minimum Gasteiger partial charge on any atom is -0.352 e. The van der Waals surface area contributed by atoms with E-state index in [2.05, 4.69) is 20.9 Å². The van der Waals surface area contributed by atoms with Crippen molar-refractivity contribution in [1.82, 2.24) is 10.6 Å². The standard InChI is InChI=1S/C21H27FN4O/c1-4-6-20(27)26-18-8-5-7-16(11-18)13-24-21(23-3)25-14-17-10-9-15(2)19(22)12-17/h5,7-12H,4,6,13-14H2,1-3H3,(H,26,27)(H2,23,24,25). The summed E-state index contributed by atoms with van der Waals surface area (Å²) in [5.74, 6) is 0.431. The topological polar surface area (TPSA) is 65.5 Å². The molecule has 2 rings (SSSR count). The van der Waals surface area contributed by atoms with Crippen molar-refractivity contribution < 1.29 is 9.18 Å². The Morgan fingerprint density at radius 1 is 1.07 bits per heavy atom. The van der Waals surface area contributed by atoms with Gasteiger partial charge < -0.3 is 16.0 Å². The maximum Gasteiger partial charge on any atom is 0.224 e. The summed E-state index contributed by atoms with van der Waals surface area (Å²) in [6, 6.07) is 12.9. The first-order chi connectivity index (χ1) is 13.0. The van der Waals surface area contributed by atoms with Gasteiger partial charge in [0.25, 0.3) is 0 Å². The van der Waals surface area contributed by atoms with Crippen LogP contribution >= 0.6 is 0 Å². The smallest absolute Gasteiger partial charge is 0.224 e. The molecule has 0 saturated heterocycles. The summed E-state index contributed by atoms with van der Waals surface area (Å²) in [5, 5.41) is 9.28. The van der Waals surface area contributed by atoms with Crippen molar-refractivity contribution in [2.45, 2.75) is 39.8 Å². The van der Waals surface area contributed by atoms with Gasteiger partial charge in [0.05, 0.1) is 0 Å². The predicted molar refractivity (Wildman–Crippen MR) is 108 cm³/mol. The number of aliphatic imine (C=N–C) groups is 1. The number of benzene rings is 2. The SMILES string of the molecule is CCCC(=O)Nc1cccc(CNC(=NC)NCc2ccc(C)c(F)c2)c1. The Kier molecular flexibility index (Phi) is 7.79. The second kappa shape index (κ2) is 10.3. The van der Waals surface area contributed by atoms with E-state index in [1.165, 1.54) is 6.07 Å². The van der Waals surface area contributed by atoms with Gasteiger partial charge in [0.2, 0.25) is 5.91 Å². The highest BCUT2D eigenvalue weighted by Gasteiger charge is 2.04. The van der Waals surface area contributed by atoms with E-state index < -0.39 is 0 Å². The maximum atomic E-state index is 13.6. The van der Waals surface area contributed by atoms with Gasteiger partial charge in [0.15, 0.2) is 5.96 Å². The average Bonchev–Trinajstić information content (AvgIpc) is 2.65. The number of carbonyl (C=O) groups is 1. The van der Waals surface area contributed by atoms with Crippen LogP contribution in [0, 0.1) is 12.7 Å². The Morgan fingerprint density at radius 2 is 1.78 bits per heavy atom. The third kappa shape index (κ3) is 6.73. The van der Waals surface area contributed by atoms with Crippen molar-refractivity contribution in [3.05, 3.63) is 65.0 Å². The van der Waals surface area contributed by atoms with Crippen LogP contribution in [0.4, 0.5) is 10.1 Å². The Hall–Kier alpha value is -2.89. The molecule has 2 aromatic rings. The monoisotopic (exact) mass is 370 g/mol. The second-order valence-electron chi connectivity index (χ2n) is 6.36. The average molecular weight is 370 g/mol. The lowest BCUT2D eigenvalue weighted by atomic mass is 10.1. The van der Waals surface area contributed by atoms with Gasteiger partial charge in [-0.15, -0.1) is 0 Å². The number of guanidine groups is 1. The van der Waals surface area contributed by atoms with E-state index in [4.69, 9.17) is 0 Å². The Balaban J connectivity index is 1.88. The lowest BCUT2D eigenvalue weighted by molar-refractivity contribution is -0.116. The zero-order valence-corrected chi connectivity index (χ0v) is 16.1. The summed E-state index contributed by atoms with van der Waals surface area (Å²) in [4.78, 5) is 15.9. The van der Waals surface area contributed by atoms with Crippen molar-refractivity contribution in [1.29, 1.82) is 0 Å². The zero-order valence-electron chi connectivity index (χ0n) is 16.1. The largest absolute Gasteiger partial charge is 0.352 e. The van der Waals surface area contributed by atoms with Crippen LogP contribution in [0.25, 0.3) is 0 Å². The van der Waals surface area contributed by atoms with E-state index in [1.54, 1.807) is 20.0 Å². The van der Waals surface area contributed by atoms with Crippen LogP contribution < -0.4 is 16.0 Å². The van der Waals surface area contributed by atoms with Crippen molar-refractivity contribution in [2.75, 3.05) is 12.4 Å². The number of rotatable bonds is 7. The van der Waals surface area contributed by atoms with Crippen LogP contribution in [-0.4, -0.2) is 18.9 Å². The number of nitrogens with zero attached hydrogens (tertiary/aromatic N) is 1. The van der Waals surface area contributed by atoms with E-state index in [9.17, 15) is 9.18 Å². The van der Waals surface area contributed by atoms with Gasteiger partial charge in [-0.1, -0.05) is 31.2 Å². The van der Waals surface area contributed by atoms with E-state index >= 15 is 0 Å². The van der Waals surface area contributed by atoms with E-state index in [0.29, 0.717) is 31.0 Å². The van der Waals surface area contributed by atoms with Crippen molar-refractivity contribution >= 4 is 17.6 Å². The highest BCUT2D eigenvalue weighted by molar-refractivity contribution is 5.90. The number of aryl methyl sites for hydroxylation is 1. The zero-order chi connectivity index (χ0) is 19.6. The molecule has 0 fully saturated rings. The molecule has 2 aromatic carbocycles. The predicted octanol–water partition coefficient (Wildman–Crippen LogP) is 3.74. The quantitative estimate of drug-likeness (QED) is 0.514. The molecule has 0 spiro atoms. The molecule has 6 heteroatoms. The van der Waals surface area contributed by atoms with Crippen LogP contribution in [0.3, 0.4) is 0 Å². The lowest BCUT2D eigenvalue weighted by Gasteiger charge is -2.13. The summed E-state index contributed by atoms with van der Waals surface area (Å²) in [6.07, 6.45) is 1.33. The van der Waals surface area contributed by atoms with Gasteiger partial charge in [-0.2, -0.15) is 0 Å². The van der Waals surface area contributed by atoms with Gasteiger partial charge >= 0.3 is 0 Å². The first-order valence-corrected chi connectivity index (χ1v) is 9.10. The molecular weight excluding hydrogens is 343 g/mol. The minimum atomic E-state index is -0.209. The van der Waals surface area contributed by atoms with Crippen molar-refractivity contribution in [3.8, 4) is 0 Å². The summed E-state index contributed by atoms with van der Waals surface area (Å²) in [7, 11) is 1.69. The molecule has 0 atom stereocenters. The molecular formula is C21H27FN4O. The molecule has 3 N–H and O–H groups in total. The molecule has 27 heavy (non-hydrogen) atoms. The molecule has 1 amide bonds. The molecule has 144 valence electrons. The highest BCUT2D eigenvalue weighted by atomic mass is 19.1. The molecule has 0 unspecified atom stereocenters. The second-order valence-corrected chi connectivity index (χ2v) is 6.36. The fourth-order valence-electron chi connectivity index (χ4n) is 2.55. The Bertz CT molecular complexity index is 805. The van der Waals surface area contributed by atoms with Gasteiger partial charge in [-0.05, 0) is 48.2 Å². The fraction of sp³-hybridized carbons (Fsp3) is 0.333. The van der Waals surface area contributed by atoms with Gasteiger partial charge in [-0.25, -0.2) is 4.39 Å². The number of anilines is 1. The van der Waals surface area contributed by atoms with Crippen molar-refractivity contribution in [3.63, 3.8) is 0 Å². The van der Waals surface area contributed by atoms with Crippen LogP contribution in [0.5, 0.6) is 0 Å². The van der Waals surface area contributed by atoms with Gasteiger partial charge in [0.1, 0.15) is 5.82 Å². The number of halogens is 1. The molecule has 0 aliphatic carbocycles. The van der Waals surface area contributed by atoms with Gasteiger partial charge in [-0.3, -0.25) is 9.79 Å². The minimum absolute atomic E-state index is 0.0189. The number of hydrogen-bond donors (Lipinski definition) is 3. The summed E-state index contributed by atoms with van der Waals surface area (Å²) < 4.78 is 13.6. The van der Waals surface area contributed by atoms with Gasteiger partial charge in [0, 0.05) is 32.2 Å². The summed E-state index contributed by atoms with van der Waals surface area (Å²) >= 11 is 0. The first-order valence-electron chi connectivity index (χ1n) is 9.10. The molecule has 0 heterocycles. The van der Waals surface area contributed by atoms with Crippen LogP contribution in [-0.2, 0) is 17.9 Å². The molecule has 0 aliphatic rings. The third-order valence-electron chi connectivity index (χ3n) is 4.07. The normalized spacial score (nSPS) is 11.2. The Morgan fingerprint density at radius 3 is 2.41 bits per heavy atom. The first kappa shape index (κ1) is 20.4. The number of nitrogens with one attached hydrogen (secondary N) is 3. The van der Waals surface area contributed by atoms with E-state index in [1.807, 2.05) is 37.3 Å². The fourth-order valence-corrected chi connectivity index (χ4v) is 2.55. The van der Waals surface area contributed by atoms with Crippen LogP contribution in [0.15, 0.2) is 47.5 Å². The van der Waals surface area contributed by atoms with Crippen molar-refractivity contribution in [2.24, 2.45) is 4.99 Å². The van der Waals surface area contributed by atoms with E-state index in [-0.39, 0.29) is 11.7 Å². The summed E-state index contributed by atoms with van der Waals surface area (Å²) in [6.45, 7) is 4.75. The molecule has 0 aliphatic heterocycles. The lowest BCUT2D eigenvalue weighted by Crippen LogP contribution is -2.36. The summed E-state index contributed by atoms with van der Waals surface area (Å²) in [5.41, 5.74) is 3.29. The number of carbonyl (C=O) groups excluding carboxylic acids is 1. The number of hydrogen-bond acceptors (Lipinski definition) is 2. The van der Waals surface area contributed by atoms with E-state index in [0.717, 1.165) is 23.2 Å².